The standard InChI is InChI=1S/C38H27N3/c1-38(2)31-19-11-10-18-30(31)33-32(38)23-27-16-8-9-17-29(27)34(33)37-40-35(25-13-4-3-5-14-25)39-36(41-37)28-21-20-24-12-6-7-15-26(24)22-28/h3-23H,1-2H3. The van der Waals surface area contributed by atoms with Crippen LogP contribution >= 0.6 is 0 Å². The summed E-state index contributed by atoms with van der Waals surface area (Å²) < 4.78 is 0. The monoisotopic (exact) mass is 525 g/mol. The first-order valence-electron chi connectivity index (χ1n) is 14.0. The van der Waals surface area contributed by atoms with E-state index in [0.717, 1.165) is 27.5 Å². The molecule has 6 aromatic carbocycles. The molecule has 0 N–H and O–H groups in total. The van der Waals surface area contributed by atoms with Crippen molar-refractivity contribution in [3.8, 4) is 45.3 Å². The van der Waals surface area contributed by atoms with Gasteiger partial charge in [-0.15, -0.1) is 0 Å². The first kappa shape index (κ1) is 23.7. The number of rotatable bonds is 3. The zero-order valence-corrected chi connectivity index (χ0v) is 23.0. The molecule has 0 fully saturated rings. The minimum Gasteiger partial charge on any atom is -0.208 e. The van der Waals surface area contributed by atoms with Gasteiger partial charge in [-0.1, -0.05) is 129 Å². The average Bonchev–Trinajstić information content (AvgIpc) is 3.26. The van der Waals surface area contributed by atoms with E-state index in [1.54, 1.807) is 0 Å². The molecule has 0 atom stereocenters. The number of nitrogens with zero attached hydrogens (tertiary/aromatic N) is 3. The van der Waals surface area contributed by atoms with Crippen LogP contribution in [0.2, 0.25) is 0 Å². The number of benzene rings is 6. The fourth-order valence-corrected chi connectivity index (χ4v) is 6.41. The summed E-state index contributed by atoms with van der Waals surface area (Å²) in [5.41, 5.74) is 7.98. The van der Waals surface area contributed by atoms with E-state index in [9.17, 15) is 0 Å². The zero-order valence-electron chi connectivity index (χ0n) is 23.0. The second-order valence-electron chi connectivity index (χ2n) is 11.3. The Morgan fingerprint density at radius 2 is 1.07 bits per heavy atom. The molecule has 41 heavy (non-hydrogen) atoms. The van der Waals surface area contributed by atoms with Crippen LogP contribution in [0.25, 0.3) is 66.8 Å². The van der Waals surface area contributed by atoms with Crippen LogP contribution in [-0.2, 0) is 5.41 Å². The third kappa shape index (κ3) is 3.70. The van der Waals surface area contributed by atoms with E-state index in [2.05, 4.69) is 123 Å². The second-order valence-corrected chi connectivity index (χ2v) is 11.3. The highest BCUT2D eigenvalue weighted by molar-refractivity contribution is 6.07. The first-order chi connectivity index (χ1) is 20.1. The van der Waals surface area contributed by atoms with Crippen molar-refractivity contribution < 1.29 is 0 Å². The Hall–Kier alpha value is -5.15. The summed E-state index contributed by atoms with van der Waals surface area (Å²) >= 11 is 0. The summed E-state index contributed by atoms with van der Waals surface area (Å²) in [6.07, 6.45) is 0. The van der Waals surface area contributed by atoms with E-state index < -0.39 is 0 Å². The van der Waals surface area contributed by atoms with Crippen LogP contribution in [0.15, 0.2) is 127 Å². The lowest BCUT2D eigenvalue weighted by Crippen LogP contribution is -2.15. The topological polar surface area (TPSA) is 38.7 Å². The smallest absolute Gasteiger partial charge is 0.165 e. The van der Waals surface area contributed by atoms with Gasteiger partial charge < -0.3 is 0 Å². The number of fused-ring (bicyclic) bond motifs is 5. The number of aromatic nitrogens is 3. The Balaban J connectivity index is 1.47. The minimum absolute atomic E-state index is 0.138. The van der Waals surface area contributed by atoms with Crippen LogP contribution < -0.4 is 0 Å². The molecule has 0 unspecified atom stereocenters. The van der Waals surface area contributed by atoms with Gasteiger partial charge in [-0.3, -0.25) is 0 Å². The highest BCUT2D eigenvalue weighted by atomic mass is 15.0. The van der Waals surface area contributed by atoms with Crippen LogP contribution in [0.4, 0.5) is 0 Å². The molecule has 1 aromatic heterocycles. The average molecular weight is 526 g/mol. The van der Waals surface area contributed by atoms with Crippen molar-refractivity contribution in [3.05, 3.63) is 139 Å². The third-order valence-electron chi connectivity index (χ3n) is 8.49. The van der Waals surface area contributed by atoms with E-state index in [0.29, 0.717) is 17.5 Å². The van der Waals surface area contributed by atoms with Crippen molar-refractivity contribution in [2.24, 2.45) is 0 Å². The molecule has 0 amide bonds. The molecule has 194 valence electrons. The van der Waals surface area contributed by atoms with Gasteiger partial charge in [0.05, 0.1) is 0 Å². The van der Waals surface area contributed by atoms with Gasteiger partial charge in [0.2, 0.25) is 0 Å². The molecule has 0 saturated heterocycles. The lowest BCUT2D eigenvalue weighted by molar-refractivity contribution is 0.661. The molecule has 3 heteroatoms. The highest BCUT2D eigenvalue weighted by Crippen LogP contribution is 2.53. The lowest BCUT2D eigenvalue weighted by atomic mass is 9.81. The van der Waals surface area contributed by atoms with Crippen LogP contribution in [0.3, 0.4) is 0 Å². The largest absolute Gasteiger partial charge is 0.208 e. The fourth-order valence-electron chi connectivity index (χ4n) is 6.41. The molecular weight excluding hydrogens is 498 g/mol. The van der Waals surface area contributed by atoms with Crippen molar-refractivity contribution in [1.29, 1.82) is 0 Å². The van der Waals surface area contributed by atoms with E-state index in [4.69, 9.17) is 15.0 Å². The third-order valence-corrected chi connectivity index (χ3v) is 8.49. The van der Waals surface area contributed by atoms with Gasteiger partial charge in [0.25, 0.3) is 0 Å². The molecular formula is C38H27N3. The zero-order chi connectivity index (χ0) is 27.6. The Kier molecular flexibility index (Phi) is 5.17. The molecule has 0 spiro atoms. The van der Waals surface area contributed by atoms with Gasteiger partial charge in [-0.2, -0.15) is 0 Å². The Morgan fingerprint density at radius 1 is 0.439 bits per heavy atom. The summed E-state index contributed by atoms with van der Waals surface area (Å²) in [4.78, 5) is 15.5. The van der Waals surface area contributed by atoms with E-state index >= 15 is 0 Å². The van der Waals surface area contributed by atoms with Gasteiger partial charge in [-0.05, 0) is 55.9 Å². The molecule has 8 rings (SSSR count). The van der Waals surface area contributed by atoms with Gasteiger partial charge in [-0.25, -0.2) is 15.0 Å². The van der Waals surface area contributed by atoms with Crippen molar-refractivity contribution in [2.75, 3.05) is 0 Å². The maximum absolute atomic E-state index is 5.23. The molecule has 0 radical (unpaired) electrons. The molecule has 3 nitrogen and oxygen atoms in total. The molecule has 1 heterocycles. The molecule has 7 aromatic rings. The lowest BCUT2D eigenvalue weighted by Gasteiger charge is -2.22. The maximum atomic E-state index is 5.23. The van der Waals surface area contributed by atoms with Crippen molar-refractivity contribution in [3.63, 3.8) is 0 Å². The molecule has 1 aliphatic rings. The molecule has 1 aliphatic carbocycles. The van der Waals surface area contributed by atoms with Crippen molar-refractivity contribution in [2.45, 2.75) is 19.3 Å². The van der Waals surface area contributed by atoms with E-state index in [-0.39, 0.29) is 5.41 Å². The SMILES string of the molecule is CC1(C)c2ccccc2-c2c1cc1ccccc1c2-c1nc(-c2ccccc2)nc(-c2ccc3ccccc3c2)n1. The van der Waals surface area contributed by atoms with Crippen LogP contribution in [0.1, 0.15) is 25.0 Å². The number of hydrogen-bond donors (Lipinski definition) is 0. The summed E-state index contributed by atoms with van der Waals surface area (Å²) in [5, 5.41) is 4.69. The maximum Gasteiger partial charge on any atom is 0.165 e. The predicted octanol–water partition coefficient (Wildman–Crippen LogP) is 9.49. The summed E-state index contributed by atoms with van der Waals surface area (Å²) in [6, 6.07) is 44.8. The summed E-state index contributed by atoms with van der Waals surface area (Å²) in [5.74, 6) is 2.04. The van der Waals surface area contributed by atoms with Crippen molar-refractivity contribution in [1.82, 2.24) is 15.0 Å². The molecule has 0 aliphatic heterocycles. The normalized spacial score (nSPS) is 13.3. The van der Waals surface area contributed by atoms with Crippen LogP contribution in [0.5, 0.6) is 0 Å². The van der Waals surface area contributed by atoms with E-state index in [1.807, 2.05) is 18.2 Å². The minimum atomic E-state index is -0.138. The van der Waals surface area contributed by atoms with E-state index in [1.165, 1.54) is 33.0 Å². The predicted molar refractivity (Wildman–Crippen MR) is 169 cm³/mol. The fraction of sp³-hybridized carbons (Fsp3) is 0.0789. The van der Waals surface area contributed by atoms with Gasteiger partial charge in [0.1, 0.15) is 0 Å². The summed E-state index contributed by atoms with van der Waals surface area (Å²) in [7, 11) is 0. The van der Waals surface area contributed by atoms with Gasteiger partial charge in [0.15, 0.2) is 17.5 Å². The van der Waals surface area contributed by atoms with Crippen LogP contribution in [-0.4, -0.2) is 15.0 Å². The molecule has 0 saturated carbocycles. The Labute approximate surface area is 239 Å². The Morgan fingerprint density at radius 3 is 1.90 bits per heavy atom. The summed E-state index contributed by atoms with van der Waals surface area (Å²) in [6.45, 7) is 4.64. The first-order valence-corrected chi connectivity index (χ1v) is 14.0. The highest BCUT2D eigenvalue weighted by Gasteiger charge is 2.38. The quantitative estimate of drug-likeness (QED) is 0.231. The Bertz CT molecular complexity index is 2130. The van der Waals surface area contributed by atoms with Crippen LogP contribution in [0, 0.1) is 0 Å². The number of hydrogen-bond acceptors (Lipinski definition) is 3. The molecule has 0 bridgehead atoms. The van der Waals surface area contributed by atoms with Gasteiger partial charge >= 0.3 is 0 Å². The van der Waals surface area contributed by atoms with Crippen molar-refractivity contribution >= 4 is 21.5 Å². The second kappa shape index (κ2) is 8.94. The van der Waals surface area contributed by atoms with Gasteiger partial charge in [0, 0.05) is 22.1 Å².